The van der Waals surface area contributed by atoms with E-state index in [-0.39, 0.29) is 6.42 Å². The van der Waals surface area contributed by atoms with Crippen molar-refractivity contribution in [3.63, 3.8) is 0 Å². The van der Waals surface area contributed by atoms with Crippen LogP contribution in [0.4, 0.5) is 13.2 Å². The summed E-state index contributed by atoms with van der Waals surface area (Å²) in [4.78, 5) is 11.1. The predicted octanol–water partition coefficient (Wildman–Crippen LogP) is 2.30. The molecule has 0 aromatic heterocycles. The molecule has 0 aliphatic heterocycles. The Morgan fingerprint density at radius 1 is 1.19 bits per heavy atom. The topological polar surface area (TPSA) is 29.1 Å². The van der Waals surface area contributed by atoms with Crippen molar-refractivity contribution >= 4 is 5.91 Å². The van der Waals surface area contributed by atoms with Crippen molar-refractivity contribution in [1.82, 2.24) is 5.32 Å². The maximum absolute atomic E-state index is 11.8. The minimum atomic E-state index is -4.34. The van der Waals surface area contributed by atoms with Crippen LogP contribution in [0.2, 0.25) is 0 Å². The van der Waals surface area contributed by atoms with Crippen molar-refractivity contribution in [3.05, 3.63) is 35.9 Å². The molecule has 1 rings (SSSR count). The highest BCUT2D eigenvalue weighted by Gasteiger charge is 2.27. The van der Waals surface area contributed by atoms with Crippen LogP contribution in [0.3, 0.4) is 0 Å². The number of carbonyl (C=O) groups is 1. The molecule has 1 N–H and O–H groups in total. The summed E-state index contributed by atoms with van der Waals surface area (Å²) in [7, 11) is 0. The summed E-state index contributed by atoms with van der Waals surface area (Å²) < 4.78 is 35.3. The van der Waals surface area contributed by atoms with Gasteiger partial charge in [0.1, 0.15) is 6.54 Å². The smallest absolute Gasteiger partial charge is 0.347 e. The van der Waals surface area contributed by atoms with Crippen LogP contribution in [0.5, 0.6) is 0 Å². The van der Waals surface area contributed by atoms with Crippen molar-refractivity contribution in [2.45, 2.75) is 19.0 Å². The first-order valence-corrected chi connectivity index (χ1v) is 4.85. The molecule has 0 saturated carbocycles. The van der Waals surface area contributed by atoms with Gasteiger partial charge in [0.2, 0.25) is 5.91 Å². The van der Waals surface area contributed by atoms with Gasteiger partial charge in [-0.05, 0) is 12.0 Å². The van der Waals surface area contributed by atoms with E-state index in [0.29, 0.717) is 6.42 Å². The van der Waals surface area contributed by atoms with Gasteiger partial charge in [0.15, 0.2) is 0 Å². The third-order valence-electron chi connectivity index (χ3n) is 1.97. The summed E-state index contributed by atoms with van der Waals surface area (Å²) in [5, 5.41) is 1.83. The maximum Gasteiger partial charge on any atom is 0.405 e. The highest BCUT2D eigenvalue weighted by atomic mass is 19.4. The molecule has 0 atom stereocenters. The van der Waals surface area contributed by atoms with Gasteiger partial charge in [-0.15, -0.1) is 0 Å². The molecule has 2 nitrogen and oxygen atoms in total. The molecule has 0 saturated heterocycles. The Balaban J connectivity index is 2.26. The van der Waals surface area contributed by atoms with E-state index in [4.69, 9.17) is 0 Å². The fourth-order valence-corrected chi connectivity index (χ4v) is 1.19. The van der Waals surface area contributed by atoms with Crippen molar-refractivity contribution < 1.29 is 18.0 Å². The molecule has 0 heterocycles. The van der Waals surface area contributed by atoms with Gasteiger partial charge in [-0.25, -0.2) is 0 Å². The lowest BCUT2D eigenvalue weighted by atomic mass is 10.1. The lowest BCUT2D eigenvalue weighted by molar-refractivity contribution is -0.138. The first-order valence-electron chi connectivity index (χ1n) is 4.85. The summed E-state index contributed by atoms with van der Waals surface area (Å²) >= 11 is 0. The number of aryl methyl sites for hydroxylation is 1. The third-order valence-corrected chi connectivity index (χ3v) is 1.97. The first kappa shape index (κ1) is 12.5. The van der Waals surface area contributed by atoms with Gasteiger partial charge in [-0.2, -0.15) is 13.2 Å². The number of carbonyl (C=O) groups excluding carboxylic acids is 1. The van der Waals surface area contributed by atoms with E-state index >= 15 is 0 Å². The van der Waals surface area contributed by atoms with Crippen LogP contribution in [0, 0.1) is 0 Å². The van der Waals surface area contributed by atoms with Gasteiger partial charge in [-0.1, -0.05) is 30.3 Å². The van der Waals surface area contributed by atoms with E-state index < -0.39 is 18.6 Å². The van der Waals surface area contributed by atoms with Crippen molar-refractivity contribution in [3.8, 4) is 0 Å². The molecule has 1 aromatic carbocycles. The molecular formula is C11H12F3NO. The van der Waals surface area contributed by atoms with Crippen LogP contribution in [0.25, 0.3) is 0 Å². The predicted molar refractivity (Wildman–Crippen MR) is 53.8 cm³/mol. The quantitative estimate of drug-likeness (QED) is 0.846. The molecule has 0 aliphatic rings. The number of rotatable bonds is 4. The van der Waals surface area contributed by atoms with Crippen LogP contribution in [-0.4, -0.2) is 18.6 Å². The van der Waals surface area contributed by atoms with Gasteiger partial charge < -0.3 is 5.32 Å². The number of benzene rings is 1. The van der Waals surface area contributed by atoms with E-state index in [9.17, 15) is 18.0 Å². The Kier molecular flexibility index (Phi) is 4.34. The largest absolute Gasteiger partial charge is 0.405 e. The molecule has 0 fully saturated rings. The fourth-order valence-electron chi connectivity index (χ4n) is 1.19. The molecule has 0 radical (unpaired) electrons. The molecule has 0 bridgehead atoms. The van der Waals surface area contributed by atoms with Crippen LogP contribution >= 0.6 is 0 Å². The average Bonchev–Trinajstić information content (AvgIpc) is 2.24. The number of hydrogen-bond acceptors (Lipinski definition) is 1. The fraction of sp³-hybridized carbons (Fsp3) is 0.364. The Morgan fingerprint density at radius 2 is 1.81 bits per heavy atom. The minimum Gasteiger partial charge on any atom is -0.347 e. The van der Waals surface area contributed by atoms with Gasteiger partial charge in [0.25, 0.3) is 0 Å². The second kappa shape index (κ2) is 5.53. The normalized spacial score (nSPS) is 11.2. The van der Waals surface area contributed by atoms with E-state index in [0.717, 1.165) is 5.56 Å². The number of alkyl halides is 3. The van der Waals surface area contributed by atoms with Crippen molar-refractivity contribution in [2.24, 2.45) is 0 Å². The molecule has 0 aliphatic carbocycles. The van der Waals surface area contributed by atoms with Crippen LogP contribution in [0.1, 0.15) is 12.0 Å². The zero-order valence-corrected chi connectivity index (χ0v) is 8.55. The van der Waals surface area contributed by atoms with Crippen LogP contribution < -0.4 is 5.32 Å². The Bertz CT molecular complexity index is 335. The third kappa shape index (κ3) is 5.38. The minimum absolute atomic E-state index is 0.0695. The summed E-state index contributed by atoms with van der Waals surface area (Å²) in [5.41, 5.74) is 0.935. The van der Waals surface area contributed by atoms with E-state index in [1.807, 2.05) is 35.6 Å². The highest BCUT2D eigenvalue weighted by molar-refractivity contribution is 5.76. The number of hydrogen-bond donors (Lipinski definition) is 1. The van der Waals surface area contributed by atoms with E-state index in [2.05, 4.69) is 0 Å². The maximum atomic E-state index is 11.8. The number of nitrogens with one attached hydrogen (secondary N) is 1. The van der Waals surface area contributed by atoms with E-state index in [1.54, 1.807) is 0 Å². The second-order valence-electron chi connectivity index (χ2n) is 3.38. The highest BCUT2D eigenvalue weighted by Crippen LogP contribution is 2.12. The lowest BCUT2D eigenvalue weighted by Gasteiger charge is -2.08. The standard InChI is InChI=1S/C11H12F3NO/c12-11(13,14)8-15-10(16)7-6-9-4-2-1-3-5-9/h1-5H,6-8H2,(H,15,16). The monoisotopic (exact) mass is 231 g/mol. The number of amides is 1. The SMILES string of the molecule is O=C(CCc1ccccc1)NCC(F)(F)F. The molecule has 0 spiro atoms. The Labute approximate surface area is 91.5 Å². The summed E-state index contributed by atoms with van der Waals surface area (Å²) in [6, 6.07) is 9.15. The Hall–Kier alpha value is -1.52. The average molecular weight is 231 g/mol. The lowest BCUT2D eigenvalue weighted by Crippen LogP contribution is -2.33. The molecule has 16 heavy (non-hydrogen) atoms. The summed E-state index contributed by atoms with van der Waals surface area (Å²) in [6.45, 7) is -1.26. The molecule has 1 amide bonds. The van der Waals surface area contributed by atoms with Crippen LogP contribution in [0.15, 0.2) is 30.3 Å². The zero-order chi connectivity index (χ0) is 12.0. The second-order valence-corrected chi connectivity index (χ2v) is 3.38. The van der Waals surface area contributed by atoms with Gasteiger partial charge in [0, 0.05) is 6.42 Å². The van der Waals surface area contributed by atoms with Crippen LogP contribution in [-0.2, 0) is 11.2 Å². The van der Waals surface area contributed by atoms with Crippen molar-refractivity contribution in [2.75, 3.05) is 6.54 Å². The first-order chi connectivity index (χ1) is 7.47. The molecule has 5 heteroatoms. The number of halogens is 3. The van der Waals surface area contributed by atoms with Crippen molar-refractivity contribution in [1.29, 1.82) is 0 Å². The van der Waals surface area contributed by atoms with Gasteiger partial charge in [-0.3, -0.25) is 4.79 Å². The summed E-state index contributed by atoms with van der Waals surface area (Å²) in [6.07, 6.45) is -3.83. The molecule has 88 valence electrons. The van der Waals surface area contributed by atoms with Gasteiger partial charge >= 0.3 is 6.18 Å². The molecular weight excluding hydrogens is 219 g/mol. The van der Waals surface area contributed by atoms with Gasteiger partial charge in [0.05, 0.1) is 0 Å². The Morgan fingerprint density at radius 3 is 2.38 bits per heavy atom. The zero-order valence-electron chi connectivity index (χ0n) is 8.55. The molecule has 1 aromatic rings. The van der Waals surface area contributed by atoms with E-state index in [1.165, 1.54) is 0 Å². The summed E-state index contributed by atoms with van der Waals surface area (Å²) in [5.74, 6) is -0.582. The molecule has 0 unspecified atom stereocenters.